The van der Waals surface area contributed by atoms with Crippen molar-refractivity contribution in [2.24, 2.45) is 5.92 Å². The molecule has 7 heteroatoms. The molecule has 3 rings (SSSR count). The number of benzene rings is 1. The Morgan fingerprint density at radius 1 is 1.48 bits per heavy atom. The standard InChI is InChI=1S/C16H19ClN4O2/c1-11(22)12-6-7-20(9-12)16(23)19-13-8-18-21(10-13)15-5-3-2-4-14(15)17/h2-5,8,10-12,22H,6-7,9H2,1H3,(H,19,23)/t11-,12-/m1/s1. The summed E-state index contributed by atoms with van der Waals surface area (Å²) < 4.78 is 1.63. The Morgan fingerprint density at radius 2 is 2.26 bits per heavy atom. The van der Waals surface area contributed by atoms with Crippen LogP contribution in [0.25, 0.3) is 5.69 Å². The Morgan fingerprint density at radius 3 is 2.96 bits per heavy atom. The van der Waals surface area contributed by atoms with E-state index in [1.165, 1.54) is 0 Å². The number of carbonyl (C=O) groups excluding carboxylic acids is 1. The van der Waals surface area contributed by atoms with Gasteiger partial charge in [0, 0.05) is 19.0 Å². The normalized spacial score (nSPS) is 18.9. The molecule has 122 valence electrons. The number of carbonyl (C=O) groups is 1. The summed E-state index contributed by atoms with van der Waals surface area (Å²) in [6, 6.07) is 7.20. The Hall–Kier alpha value is -2.05. The lowest BCUT2D eigenvalue weighted by molar-refractivity contribution is 0.130. The molecule has 1 aromatic heterocycles. The largest absolute Gasteiger partial charge is 0.393 e. The molecule has 2 atom stereocenters. The molecule has 1 aliphatic heterocycles. The molecule has 1 fully saturated rings. The van der Waals surface area contributed by atoms with Crippen LogP contribution in [0, 0.1) is 5.92 Å². The predicted octanol–water partition coefficient (Wildman–Crippen LogP) is 2.76. The zero-order chi connectivity index (χ0) is 16.4. The Labute approximate surface area is 139 Å². The van der Waals surface area contributed by atoms with Crippen molar-refractivity contribution < 1.29 is 9.90 Å². The molecule has 2 N–H and O–H groups in total. The van der Waals surface area contributed by atoms with Crippen LogP contribution in [0.4, 0.5) is 10.5 Å². The second-order valence-electron chi connectivity index (χ2n) is 5.79. The molecule has 0 radical (unpaired) electrons. The number of hydrogen-bond acceptors (Lipinski definition) is 3. The number of aliphatic hydroxyl groups is 1. The molecule has 1 aromatic carbocycles. The van der Waals surface area contributed by atoms with E-state index in [4.69, 9.17) is 11.6 Å². The van der Waals surface area contributed by atoms with Crippen LogP contribution >= 0.6 is 11.6 Å². The first-order chi connectivity index (χ1) is 11.0. The highest BCUT2D eigenvalue weighted by atomic mass is 35.5. The first-order valence-electron chi connectivity index (χ1n) is 7.58. The highest BCUT2D eigenvalue weighted by molar-refractivity contribution is 6.32. The smallest absolute Gasteiger partial charge is 0.321 e. The second-order valence-corrected chi connectivity index (χ2v) is 6.20. The maximum Gasteiger partial charge on any atom is 0.321 e. The molecule has 2 amide bonds. The lowest BCUT2D eigenvalue weighted by Gasteiger charge is -2.17. The van der Waals surface area contributed by atoms with E-state index in [-0.39, 0.29) is 11.9 Å². The van der Waals surface area contributed by atoms with E-state index < -0.39 is 6.10 Å². The van der Waals surface area contributed by atoms with Gasteiger partial charge in [0.1, 0.15) is 0 Å². The van der Waals surface area contributed by atoms with Crippen LogP contribution < -0.4 is 5.32 Å². The molecule has 1 aliphatic rings. The summed E-state index contributed by atoms with van der Waals surface area (Å²) in [7, 11) is 0. The SMILES string of the molecule is C[C@@H](O)[C@@H]1CCN(C(=O)Nc2cnn(-c3ccccc3Cl)c2)C1. The van der Waals surface area contributed by atoms with Crippen molar-refractivity contribution in [2.45, 2.75) is 19.4 Å². The number of aromatic nitrogens is 2. The van der Waals surface area contributed by atoms with Crippen molar-refractivity contribution in [3.05, 3.63) is 41.7 Å². The molecular formula is C16H19ClN4O2. The van der Waals surface area contributed by atoms with Crippen LogP contribution in [-0.2, 0) is 0 Å². The van der Waals surface area contributed by atoms with Gasteiger partial charge < -0.3 is 15.3 Å². The Kier molecular flexibility index (Phi) is 4.54. The van der Waals surface area contributed by atoms with Crippen LogP contribution in [0.1, 0.15) is 13.3 Å². The third kappa shape index (κ3) is 3.48. The summed E-state index contributed by atoms with van der Waals surface area (Å²) in [5, 5.41) is 17.3. The van der Waals surface area contributed by atoms with E-state index in [1.807, 2.05) is 18.2 Å². The summed E-state index contributed by atoms with van der Waals surface area (Å²) in [5.74, 6) is 0.145. The van der Waals surface area contributed by atoms with Crippen LogP contribution in [0.15, 0.2) is 36.7 Å². The maximum absolute atomic E-state index is 12.3. The van der Waals surface area contributed by atoms with Gasteiger partial charge in [-0.25, -0.2) is 9.48 Å². The minimum absolute atomic E-state index is 0.145. The topological polar surface area (TPSA) is 70.4 Å². The molecule has 2 heterocycles. The highest BCUT2D eigenvalue weighted by Gasteiger charge is 2.29. The molecule has 1 saturated heterocycles. The van der Waals surface area contributed by atoms with Gasteiger partial charge in [-0.1, -0.05) is 23.7 Å². The molecule has 6 nitrogen and oxygen atoms in total. The van der Waals surface area contributed by atoms with E-state index >= 15 is 0 Å². The molecule has 0 unspecified atom stereocenters. The van der Waals surface area contributed by atoms with Crippen molar-refractivity contribution in [1.29, 1.82) is 0 Å². The number of halogens is 1. The van der Waals surface area contributed by atoms with Gasteiger partial charge in [0.25, 0.3) is 0 Å². The predicted molar refractivity (Wildman–Crippen MR) is 89.0 cm³/mol. The van der Waals surface area contributed by atoms with Crippen LogP contribution in [-0.4, -0.2) is 45.0 Å². The summed E-state index contributed by atoms with van der Waals surface area (Å²) >= 11 is 6.14. The number of para-hydroxylation sites is 1. The number of likely N-dealkylation sites (tertiary alicyclic amines) is 1. The monoisotopic (exact) mass is 334 g/mol. The second kappa shape index (κ2) is 6.60. The molecule has 0 bridgehead atoms. The van der Waals surface area contributed by atoms with Gasteiger partial charge in [0.05, 0.1) is 34.9 Å². The Balaban J connectivity index is 1.66. The number of nitrogens with zero attached hydrogens (tertiary/aromatic N) is 3. The van der Waals surface area contributed by atoms with Gasteiger partial charge in [0.2, 0.25) is 0 Å². The fourth-order valence-corrected chi connectivity index (χ4v) is 2.95. The summed E-state index contributed by atoms with van der Waals surface area (Å²) in [4.78, 5) is 14.0. The summed E-state index contributed by atoms with van der Waals surface area (Å²) in [6.07, 6.45) is 3.74. The van der Waals surface area contributed by atoms with Gasteiger partial charge in [-0.05, 0) is 25.5 Å². The number of aliphatic hydroxyl groups excluding tert-OH is 1. The quantitative estimate of drug-likeness (QED) is 0.906. The molecular weight excluding hydrogens is 316 g/mol. The first-order valence-corrected chi connectivity index (χ1v) is 7.96. The lowest BCUT2D eigenvalue weighted by atomic mass is 10.0. The first kappa shape index (κ1) is 15.8. The zero-order valence-electron chi connectivity index (χ0n) is 12.8. The van der Waals surface area contributed by atoms with E-state index in [1.54, 1.807) is 35.0 Å². The number of rotatable bonds is 3. The Bertz CT molecular complexity index is 701. The minimum Gasteiger partial charge on any atom is -0.393 e. The van der Waals surface area contributed by atoms with Gasteiger partial charge >= 0.3 is 6.03 Å². The molecule has 23 heavy (non-hydrogen) atoms. The van der Waals surface area contributed by atoms with Gasteiger partial charge in [0.15, 0.2) is 0 Å². The third-order valence-electron chi connectivity index (χ3n) is 4.13. The number of anilines is 1. The fourth-order valence-electron chi connectivity index (χ4n) is 2.72. The molecule has 0 saturated carbocycles. The van der Waals surface area contributed by atoms with Crippen molar-refractivity contribution in [3.63, 3.8) is 0 Å². The average molecular weight is 335 g/mol. The fraction of sp³-hybridized carbons (Fsp3) is 0.375. The van der Waals surface area contributed by atoms with Crippen molar-refractivity contribution in [3.8, 4) is 5.69 Å². The van der Waals surface area contributed by atoms with Crippen LogP contribution in [0.5, 0.6) is 0 Å². The van der Waals surface area contributed by atoms with Gasteiger partial charge in [-0.15, -0.1) is 0 Å². The summed E-state index contributed by atoms with van der Waals surface area (Å²) in [5.41, 5.74) is 1.36. The molecule has 2 aromatic rings. The number of amides is 2. The van der Waals surface area contributed by atoms with Crippen molar-refractivity contribution >= 4 is 23.3 Å². The van der Waals surface area contributed by atoms with E-state index in [9.17, 15) is 9.90 Å². The minimum atomic E-state index is -0.393. The number of nitrogens with one attached hydrogen (secondary N) is 1. The average Bonchev–Trinajstić information content (AvgIpc) is 3.16. The van der Waals surface area contributed by atoms with Crippen LogP contribution in [0.3, 0.4) is 0 Å². The maximum atomic E-state index is 12.3. The molecule has 0 spiro atoms. The van der Waals surface area contributed by atoms with Gasteiger partial charge in [-0.3, -0.25) is 0 Å². The zero-order valence-corrected chi connectivity index (χ0v) is 13.6. The number of hydrogen-bond donors (Lipinski definition) is 2. The van der Waals surface area contributed by atoms with Crippen LogP contribution in [0.2, 0.25) is 5.02 Å². The van der Waals surface area contributed by atoms with Gasteiger partial charge in [-0.2, -0.15) is 5.10 Å². The van der Waals surface area contributed by atoms with E-state index in [2.05, 4.69) is 10.4 Å². The number of urea groups is 1. The van der Waals surface area contributed by atoms with E-state index in [0.29, 0.717) is 23.8 Å². The van der Waals surface area contributed by atoms with E-state index in [0.717, 1.165) is 12.1 Å². The highest BCUT2D eigenvalue weighted by Crippen LogP contribution is 2.22. The lowest BCUT2D eigenvalue weighted by Crippen LogP contribution is -2.34. The van der Waals surface area contributed by atoms with Crippen molar-refractivity contribution in [1.82, 2.24) is 14.7 Å². The third-order valence-corrected chi connectivity index (χ3v) is 4.45. The molecule has 0 aliphatic carbocycles. The summed E-state index contributed by atoms with van der Waals surface area (Å²) in [6.45, 7) is 2.99. The van der Waals surface area contributed by atoms with Crippen molar-refractivity contribution in [2.75, 3.05) is 18.4 Å².